The number of furan rings is 1. The van der Waals surface area contributed by atoms with E-state index in [4.69, 9.17) is 28.2 Å². The van der Waals surface area contributed by atoms with E-state index in [9.17, 15) is 13.2 Å². The summed E-state index contributed by atoms with van der Waals surface area (Å²) in [6.45, 7) is -0.0565. The van der Waals surface area contributed by atoms with Crippen LogP contribution in [0, 0.1) is 0 Å². The first kappa shape index (κ1) is 21.2. The Labute approximate surface area is 167 Å². The van der Waals surface area contributed by atoms with Gasteiger partial charge >= 0.3 is 0 Å². The summed E-state index contributed by atoms with van der Waals surface area (Å²) in [5, 5.41) is 3.31. The number of nitrogens with one attached hydrogen (secondary N) is 3. The van der Waals surface area contributed by atoms with Crippen LogP contribution in [0.3, 0.4) is 0 Å². The Bertz CT molecular complexity index is 870. The van der Waals surface area contributed by atoms with E-state index >= 15 is 0 Å². The fourth-order valence-corrected chi connectivity index (χ4v) is 3.68. The molecule has 2 aromatic rings. The number of nitrogens with zero attached hydrogens (tertiary/aromatic N) is 1. The number of halogens is 1. The normalized spacial score (nSPS) is 11.2. The number of hydrogen-bond acceptors (Lipinski definition) is 5. The third kappa shape index (κ3) is 6.21. The summed E-state index contributed by atoms with van der Waals surface area (Å²) in [5.74, 6) is 0.0470. The van der Waals surface area contributed by atoms with E-state index in [0.717, 1.165) is 0 Å². The molecule has 0 unspecified atom stereocenters. The number of carbonyl (C=O) groups excluding carboxylic acids is 1. The van der Waals surface area contributed by atoms with Gasteiger partial charge in [0.2, 0.25) is 15.9 Å². The smallest absolute Gasteiger partial charge is 0.243 e. The summed E-state index contributed by atoms with van der Waals surface area (Å²) >= 11 is 10.7. The van der Waals surface area contributed by atoms with Crippen LogP contribution in [-0.2, 0) is 21.4 Å². The number of sulfonamides is 1. The van der Waals surface area contributed by atoms with E-state index in [2.05, 4.69) is 16.2 Å². The number of thiocarbonyl (C=S) groups is 1. The monoisotopic (exact) mass is 430 g/mol. The largest absolute Gasteiger partial charge is 0.468 e. The van der Waals surface area contributed by atoms with Gasteiger partial charge in [-0.2, -0.15) is 4.31 Å². The number of rotatable bonds is 7. The Morgan fingerprint density at radius 1 is 1.22 bits per heavy atom. The molecule has 3 N–H and O–H groups in total. The van der Waals surface area contributed by atoms with Gasteiger partial charge in [0.15, 0.2) is 5.11 Å². The van der Waals surface area contributed by atoms with Crippen LogP contribution in [0.15, 0.2) is 52.0 Å². The van der Waals surface area contributed by atoms with Crippen LogP contribution < -0.4 is 16.2 Å². The van der Waals surface area contributed by atoms with Crippen molar-refractivity contribution in [2.24, 2.45) is 0 Å². The maximum Gasteiger partial charge on any atom is 0.243 e. The first-order chi connectivity index (χ1) is 12.8. The lowest BCUT2D eigenvalue weighted by Gasteiger charge is -2.21. The van der Waals surface area contributed by atoms with E-state index in [1.807, 2.05) is 0 Å². The van der Waals surface area contributed by atoms with Crippen LogP contribution in [0.5, 0.6) is 0 Å². The van der Waals surface area contributed by atoms with Crippen molar-refractivity contribution in [2.75, 3.05) is 13.6 Å². The Balaban J connectivity index is 2.12. The highest BCUT2D eigenvalue weighted by Gasteiger charge is 2.26. The zero-order valence-corrected chi connectivity index (χ0v) is 16.8. The molecule has 2 rings (SSSR count). The fourth-order valence-electron chi connectivity index (χ4n) is 2.09. The van der Waals surface area contributed by atoms with Crippen molar-refractivity contribution in [3.8, 4) is 0 Å². The van der Waals surface area contributed by atoms with Gasteiger partial charge in [-0.15, -0.1) is 0 Å². The minimum absolute atomic E-state index is 0.00635. The number of benzene rings is 1. The summed E-state index contributed by atoms with van der Waals surface area (Å²) in [6.07, 6.45) is 1.38. The molecule has 146 valence electrons. The highest BCUT2D eigenvalue weighted by molar-refractivity contribution is 7.89. The lowest BCUT2D eigenvalue weighted by molar-refractivity contribution is -0.121. The van der Waals surface area contributed by atoms with Crippen molar-refractivity contribution >= 4 is 44.9 Å². The Morgan fingerprint density at radius 2 is 1.93 bits per heavy atom. The maximum absolute atomic E-state index is 13.0. The molecule has 1 aromatic carbocycles. The highest BCUT2D eigenvalue weighted by atomic mass is 35.5. The van der Waals surface area contributed by atoms with Crippen LogP contribution >= 0.6 is 23.8 Å². The first-order valence-corrected chi connectivity index (χ1v) is 10.1. The lowest BCUT2D eigenvalue weighted by Crippen LogP contribution is -2.46. The van der Waals surface area contributed by atoms with Gasteiger partial charge in [-0.3, -0.25) is 15.6 Å². The Morgan fingerprint density at radius 3 is 2.52 bits per heavy atom. The molecule has 1 heterocycles. The quantitative estimate of drug-likeness (QED) is 0.453. The Hall–Kier alpha value is -2.14. The van der Waals surface area contributed by atoms with Gasteiger partial charge in [-0.05, 0) is 48.6 Å². The molecule has 11 heteroatoms. The zero-order chi connectivity index (χ0) is 19.9. The van der Waals surface area contributed by atoms with Crippen molar-refractivity contribution in [1.82, 2.24) is 20.5 Å². The predicted molar refractivity (Wildman–Crippen MR) is 105 cm³/mol. The fraction of sp³-hybridized carbons (Fsp3) is 0.250. The third-order valence-corrected chi connectivity index (χ3v) is 5.91. The molecule has 0 spiro atoms. The molecule has 0 fully saturated rings. The van der Waals surface area contributed by atoms with Gasteiger partial charge in [-0.1, -0.05) is 11.6 Å². The van der Waals surface area contributed by atoms with Crippen LogP contribution in [0.2, 0.25) is 5.02 Å². The topological polar surface area (TPSA) is 104 Å². The molecule has 0 radical (unpaired) electrons. The minimum Gasteiger partial charge on any atom is -0.468 e. The van der Waals surface area contributed by atoms with Gasteiger partial charge in [0.1, 0.15) is 5.76 Å². The molecule has 0 aliphatic heterocycles. The second-order valence-corrected chi connectivity index (χ2v) is 8.16. The molecule has 0 saturated heterocycles. The van der Waals surface area contributed by atoms with Gasteiger partial charge in [0.05, 0.1) is 17.7 Å². The average Bonchev–Trinajstić information content (AvgIpc) is 3.16. The van der Waals surface area contributed by atoms with Crippen LogP contribution in [0.25, 0.3) is 0 Å². The molecule has 0 bridgehead atoms. The molecule has 27 heavy (non-hydrogen) atoms. The third-order valence-electron chi connectivity index (χ3n) is 3.49. The van der Waals surface area contributed by atoms with E-state index < -0.39 is 15.9 Å². The summed E-state index contributed by atoms with van der Waals surface area (Å²) in [4.78, 5) is 12.0. The predicted octanol–water partition coefficient (Wildman–Crippen LogP) is 1.64. The molecular formula is C16H19ClN4O4S2. The van der Waals surface area contributed by atoms with Crippen molar-refractivity contribution in [1.29, 1.82) is 0 Å². The van der Waals surface area contributed by atoms with Crippen LogP contribution in [0.4, 0.5) is 0 Å². The molecule has 1 amide bonds. The van der Waals surface area contributed by atoms with E-state index in [1.165, 1.54) is 34.8 Å². The lowest BCUT2D eigenvalue weighted by atomic mass is 10.4. The molecule has 1 aromatic heterocycles. The van der Waals surface area contributed by atoms with Gasteiger partial charge in [0.25, 0.3) is 0 Å². The molecule has 8 nitrogen and oxygen atoms in total. The van der Waals surface area contributed by atoms with Gasteiger partial charge in [-0.25, -0.2) is 8.42 Å². The van der Waals surface area contributed by atoms with Crippen molar-refractivity contribution in [3.05, 3.63) is 53.4 Å². The number of hydrogen-bond donors (Lipinski definition) is 3. The molecule has 0 atom stereocenters. The van der Waals surface area contributed by atoms with Gasteiger partial charge in [0, 0.05) is 25.0 Å². The number of hydrazine groups is 1. The SMILES string of the molecule is CNC(=S)NNC(=O)CCN(Cc1ccco1)S(=O)(=O)c1ccc(Cl)cc1. The zero-order valence-electron chi connectivity index (χ0n) is 14.4. The highest BCUT2D eigenvalue weighted by Crippen LogP contribution is 2.21. The molecular weight excluding hydrogens is 412 g/mol. The first-order valence-electron chi connectivity index (χ1n) is 7.87. The maximum atomic E-state index is 13.0. The Kier molecular flexibility index (Phi) is 7.60. The second kappa shape index (κ2) is 9.70. The summed E-state index contributed by atoms with van der Waals surface area (Å²) in [7, 11) is -2.25. The van der Waals surface area contributed by atoms with Crippen LogP contribution in [-0.4, -0.2) is 37.3 Å². The van der Waals surface area contributed by atoms with Crippen molar-refractivity contribution in [2.45, 2.75) is 17.9 Å². The standard InChI is InChI=1S/C16H19ClN4O4S2/c1-18-16(26)20-19-15(22)8-9-21(11-13-3-2-10-25-13)27(23,24)14-6-4-12(17)5-7-14/h2-7,10H,8-9,11H2,1H3,(H,19,22)(H2,18,20,26). The van der Waals surface area contributed by atoms with E-state index in [0.29, 0.717) is 10.8 Å². The van der Waals surface area contributed by atoms with Crippen molar-refractivity contribution < 1.29 is 17.6 Å². The second-order valence-electron chi connectivity index (χ2n) is 5.37. The van der Waals surface area contributed by atoms with E-state index in [1.54, 1.807) is 19.2 Å². The number of amides is 1. The molecule has 0 aliphatic rings. The molecule has 0 aliphatic carbocycles. The average molecular weight is 431 g/mol. The minimum atomic E-state index is -3.85. The summed E-state index contributed by atoms with van der Waals surface area (Å²) < 4.78 is 32.3. The van der Waals surface area contributed by atoms with Gasteiger partial charge < -0.3 is 9.73 Å². The molecule has 0 saturated carbocycles. The summed E-state index contributed by atoms with van der Waals surface area (Å²) in [6, 6.07) is 9.15. The van der Waals surface area contributed by atoms with Crippen molar-refractivity contribution in [3.63, 3.8) is 0 Å². The summed E-state index contributed by atoms with van der Waals surface area (Å²) in [5.41, 5.74) is 4.89. The van der Waals surface area contributed by atoms with Crippen LogP contribution in [0.1, 0.15) is 12.2 Å². The van der Waals surface area contributed by atoms with E-state index in [-0.39, 0.29) is 29.5 Å². The number of carbonyl (C=O) groups is 1.